The van der Waals surface area contributed by atoms with Crippen molar-refractivity contribution in [3.63, 3.8) is 0 Å². The fraction of sp³-hybridized carbons (Fsp3) is 0.0667. The van der Waals surface area contributed by atoms with Gasteiger partial charge in [0.25, 0.3) is 0 Å². The summed E-state index contributed by atoms with van der Waals surface area (Å²) in [5.41, 5.74) is 3.30. The third-order valence-corrected chi connectivity index (χ3v) is 3.41. The molecule has 1 N–H and O–H groups in total. The van der Waals surface area contributed by atoms with Crippen LogP contribution in [0.1, 0.15) is 5.56 Å². The van der Waals surface area contributed by atoms with E-state index < -0.39 is 0 Å². The van der Waals surface area contributed by atoms with Gasteiger partial charge in [0, 0.05) is 11.8 Å². The van der Waals surface area contributed by atoms with Crippen molar-refractivity contribution in [2.75, 3.05) is 7.11 Å². The van der Waals surface area contributed by atoms with Gasteiger partial charge in [-0.2, -0.15) is 5.26 Å². The number of aromatic amines is 1. The number of fused-ring (bicyclic) bond motifs is 1. The predicted octanol–water partition coefficient (Wildman–Crippen LogP) is 3.57. The number of hydrogen-bond acceptors (Lipinski definition) is 3. The zero-order chi connectivity index (χ0) is 14.1. The van der Waals surface area contributed by atoms with E-state index in [0.717, 1.165) is 22.5 Å². The second-order valence-electron chi connectivity index (χ2n) is 4.31. The van der Waals surface area contributed by atoms with Crippen LogP contribution in [-0.4, -0.2) is 16.7 Å². The van der Waals surface area contributed by atoms with E-state index in [4.69, 9.17) is 22.2 Å². The Bertz CT molecular complexity index is 886. The Hall–Kier alpha value is -2.58. The molecule has 0 unspecified atom stereocenters. The molecule has 0 aliphatic carbocycles. The number of hydrogen-bond donors (Lipinski definition) is 1. The summed E-state index contributed by atoms with van der Waals surface area (Å²) in [5.74, 6) is 0.761. The molecule has 0 saturated carbocycles. The minimum absolute atomic E-state index is 0.586. The Labute approximate surface area is 120 Å². The van der Waals surface area contributed by atoms with E-state index in [0.29, 0.717) is 10.3 Å². The molecule has 3 aromatic rings. The number of methoxy groups -OCH3 is 1. The molecule has 0 spiro atoms. The lowest BCUT2D eigenvalue weighted by Crippen LogP contribution is -1.94. The van der Waals surface area contributed by atoms with E-state index in [1.807, 2.05) is 41.0 Å². The molecular formula is C15H11N3OS. The van der Waals surface area contributed by atoms with Crippen molar-refractivity contribution in [3.8, 4) is 17.5 Å². The van der Waals surface area contributed by atoms with Crippen molar-refractivity contribution >= 4 is 23.3 Å². The highest BCUT2D eigenvalue weighted by atomic mass is 32.1. The number of imidazole rings is 1. The van der Waals surface area contributed by atoms with E-state index in [9.17, 15) is 0 Å². The Morgan fingerprint density at radius 1 is 1.25 bits per heavy atom. The zero-order valence-electron chi connectivity index (χ0n) is 10.8. The molecular weight excluding hydrogens is 270 g/mol. The van der Waals surface area contributed by atoms with Gasteiger partial charge in [0.1, 0.15) is 5.75 Å². The second-order valence-corrected chi connectivity index (χ2v) is 4.70. The molecule has 0 aliphatic rings. The Morgan fingerprint density at radius 2 is 2.10 bits per heavy atom. The van der Waals surface area contributed by atoms with Crippen molar-refractivity contribution in [2.24, 2.45) is 0 Å². The van der Waals surface area contributed by atoms with Crippen molar-refractivity contribution in [3.05, 3.63) is 52.8 Å². The molecule has 4 nitrogen and oxygen atoms in total. The van der Waals surface area contributed by atoms with Gasteiger partial charge < -0.3 is 9.72 Å². The second kappa shape index (κ2) is 4.83. The summed E-state index contributed by atoms with van der Waals surface area (Å²) in [7, 11) is 1.63. The van der Waals surface area contributed by atoms with Crippen LogP contribution in [0.3, 0.4) is 0 Å². The van der Waals surface area contributed by atoms with Gasteiger partial charge in [-0.15, -0.1) is 0 Å². The van der Waals surface area contributed by atoms with Crippen LogP contribution in [0.4, 0.5) is 0 Å². The summed E-state index contributed by atoms with van der Waals surface area (Å²) < 4.78 is 7.74. The lowest BCUT2D eigenvalue weighted by atomic mass is 10.2. The quantitative estimate of drug-likeness (QED) is 0.731. The minimum Gasteiger partial charge on any atom is -0.497 e. The van der Waals surface area contributed by atoms with E-state index in [1.54, 1.807) is 13.2 Å². The van der Waals surface area contributed by atoms with Crippen LogP contribution in [0.2, 0.25) is 0 Å². The fourth-order valence-corrected chi connectivity index (χ4v) is 2.49. The van der Waals surface area contributed by atoms with Crippen LogP contribution < -0.4 is 4.74 Å². The van der Waals surface area contributed by atoms with Gasteiger partial charge in [-0.25, -0.2) is 0 Å². The van der Waals surface area contributed by atoms with Crippen LogP contribution >= 0.6 is 12.2 Å². The first kappa shape index (κ1) is 12.5. The van der Waals surface area contributed by atoms with Crippen molar-refractivity contribution in [2.45, 2.75) is 0 Å². The van der Waals surface area contributed by atoms with Gasteiger partial charge in [0.05, 0.1) is 29.8 Å². The van der Waals surface area contributed by atoms with Crippen LogP contribution in [-0.2, 0) is 0 Å². The van der Waals surface area contributed by atoms with Crippen LogP contribution in [0, 0.1) is 16.1 Å². The standard InChI is InChI=1S/C15H11N3OS/c1-19-12-5-6-13-14(8-12)18(15(20)17-13)11-4-2-3-10(7-11)9-16/h2-8H,1H3,(H,17,20). The monoisotopic (exact) mass is 281 g/mol. The minimum atomic E-state index is 0.586. The summed E-state index contributed by atoms with van der Waals surface area (Å²) in [5, 5.41) is 9.01. The molecule has 0 atom stereocenters. The molecule has 0 bridgehead atoms. The summed E-state index contributed by atoms with van der Waals surface area (Å²) in [6.07, 6.45) is 0. The fourth-order valence-electron chi connectivity index (χ4n) is 2.18. The molecule has 0 saturated heterocycles. The molecule has 0 fully saturated rings. The van der Waals surface area contributed by atoms with Gasteiger partial charge in [0.15, 0.2) is 4.77 Å². The highest BCUT2D eigenvalue weighted by Crippen LogP contribution is 2.24. The molecule has 20 heavy (non-hydrogen) atoms. The van der Waals surface area contributed by atoms with Crippen molar-refractivity contribution in [1.29, 1.82) is 5.26 Å². The largest absolute Gasteiger partial charge is 0.497 e. The highest BCUT2D eigenvalue weighted by Gasteiger charge is 2.08. The van der Waals surface area contributed by atoms with Gasteiger partial charge in [-0.3, -0.25) is 4.57 Å². The topological polar surface area (TPSA) is 53.7 Å². The lowest BCUT2D eigenvalue weighted by molar-refractivity contribution is 0.415. The summed E-state index contributed by atoms with van der Waals surface area (Å²) >= 11 is 5.38. The van der Waals surface area contributed by atoms with Gasteiger partial charge in [-0.05, 0) is 42.5 Å². The van der Waals surface area contributed by atoms with Crippen LogP contribution in [0.25, 0.3) is 16.7 Å². The maximum atomic E-state index is 9.01. The SMILES string of the molecule is COc1ccc2[nH]c(=S)n(-c3cccc(C#N)c3)c2c1. The number of nitrogens with one attached hydrogen (secondary N) is 1. The first-order valence-corrected chi connectivity index (χ1v) is 6.43. The van der Waals surface area contributed by atoms with E-state index in [2.05, 4.69) is 11.1 Å². The molecule has 1 aromatic heterocycles. The first-order chi connectivity index (χ1) is 9.72. The zero-order valence-corrected chi connectivity index (χ0v) is 11.6. The number of ether oxygens (including phenoxy) is 1. The van der Waals surface area contributed by atoms with Crippen molar-refractivity contribution < 1.29 is 4.74 Å². The molecule has 0 aliphatic heterocycles. The van der Waals surface area contributed by atoms with Gasteiger partial charge in [0.2, 0.25) is 0 Å². The maximum absolute atomic E-state index is 9.01. The van der Waals surface area contributed by atoms with Crippen LogP contribution in [0.5, 0.6) is 5.75 Å². The third kappa shape index (κ3) is 1.96. The molecule has 5 heteroatoms. The summed E-state index contributed by atoms with van der Waals surface area (Å²) in [6.45, 7) is 0. The normalized spacial score (nSPS) is 10.4. The van der Waals surface area contributed by atoms with Crippen molar-refractivity contribution in [1.82, 2.24) is 9.55 Å². The van der Waals surface area contributed by atoms with Gasteiger partial charge in [-0.1, -0.05) is 6.07 Å². The Balaban J connectivity index is 2.32. The van der Waals surface area contributed by atoms with E-state index in [1.165, 1.54) is 0 Å². The number of H-pyrrole nitrogens is 1. The Morgan fingerprint density at radius 3 is 2.85 bits per heavy atom. The van der Waals surface area contributed by atoms with Crippen LogP contribution in [0.15, 0.2) is 42.5 Å². The average Bonchev–Trinajstić information content (AvgIpc) is 2.82. The molecule has 2 aromatic carbocycles. The highest BCUT2D eigenvalue weighted by molar-refractivity contribution is 7.71. The molecule has 1 heterocycles. The number of benzene rings is 2. The first-order valence-electron chi connectivity index (χ1n) is 6.02. The van der Waals surface area contributed by atoms with Gasteiger partial charge >= 0.3 is 0 Å². The molecule has 98 valence electrons. The van der Waals surface area contributed by atoms with E-state index >= 15 is 0 Å². The number of rotatable bonds is 2. The predicted molar refractivity (Wildman–Crippen MR) is 79.7 cm³/mol. The maximum Gasteiger partial charge on any atom is 0.182 e. The summed E-state index contributed by atoms with van der Waals surface area (Å²) in [4.78, 5) is 3.15. The summed E-state index contributed by atoms with van der Waals surface area (Å²) in [6, 6.07) is 15.2. The smallest absolute Gasteiger partial charge is 0.182 e. The molecule has 0 radical (unpaired) electrons. The number of nitrogens with zero attached hydrogens (tertiary/aromatic N) is 2. The van der Waals surface area contributed by atoms with E-state index in [-0.39, 0.29) is 0 Å². The average molecular weight is 281 g/mol. The third-order valence-electron chi connectivity index (χ3n) is 3.12. The molecule has 0 amide bonds. The number of aromatic nitrogens is 2. The number of nitriles is 1. The lowest BCUT2D eigenvalue weighted by Gasteiger charge is -2.06. The molecule has 3 rings (SSSR count). The Kier molecular flexibility index (Phi) is 3.01.